The van der Waals surface area contributed by atoms with E-state index in [1.165, 1.54) is 18.4 Å². The van der Waals surface area contributed by atoms with Crippen LogP contribution in [0.4, 0.5) is 0 Å². The third-order valence-electron chi connectivity index (χ3n) is 3.05. The maximum atomic E-state index is 5.81. The second kappa shape index (κ2) is 5.19. The van der Waals surface area contributed by atoms with E-state index in [1.54, 1.807) is 0 Å². The summed E-state index contributed by atoms with van der Waals surface area (Å²) in [5, 5.41) is 0. The minimum Gasteiger partial charge on any atom is -0.492 e. The van der Waals surface area contributed by atoms with Crippen molar-refractivity contribution < 1.29 is 4.74 Å². The van der Waals surface area contributed by atoms with E-state index in [1.807, 2.05) is 12.1 Å². The fourth-order valence-corrected chi connectivity index (χ4v) is 2.41. The first-order chi connectivity index (χ1) is 7.72. The Labute approximate surface area is 105 Å². The monoisotopic (exact) mass is 283 g/mol. The van der Waals surface area contributed by atoms with Gasteiger partial charge in [-0.1, -0.05) is 19.1 Å². The smallest absolute Gasteiger partial charge is 0.133 e. The fourth-order valence-electron chi connectivity index (χ4n) is 1.64. The zero-order chi connectivity index (χ0) is 11.5. The largest absolute Gasteiger partial charge is 0.492 e. The van der Waals surface area contributed by atoms with Crippen LogP contribution >= 0.6 is 15.9 Å². The molecule has 0 saturated heterocycles. The molecule has 1 aliphatic rings. The zero-order valence-corrected chi connectivity index (χ0v) is 11.2. The van der Waals surface area contributed by atoms with E-state index in [0.29, 0.717) is 12.5 Å². The van der Waals surface area contributed by atoms with Crippen molar-refractivity contribution in [3.8, 4) is 5.75 Å². The van der Waals surface area contributed by atoms with Gasteiger partial charge in [0.15, 0.2) is 0 Å². The molecule has 2 N–H and O–H groups in total. The number of ether oxygens (including phenoxy) is 1. The summed E-state index contributed by atoms with van der Waals surface area (Å²) in [5.74, 6) is 2.09. The molecule has 1 aromatic carbocycles. The van der Waals surface area contributed by atoms with Crippen LogP contribution in [-0.2, 0) is 0 Å². The van der Waals surface area contributed by atoms with Gasteiger partial charge in [0.05, 0.1) is 11.1 Å². The Kier molecular flexibility index (Phi) is 3.87. The lowest BCUT2D eigenvalue weighted by Gasteiger charge is -2.15. The molecule has 1 fully saturated rings. The predicted molar refractivity (Wildman–Crippen MR) is 69.8 cm³/mol. The molecule has 88 valence electrons. The standard InChI is InChI=1S/C13H18BrNO/c1-9(7-15)11-3-2-4-12(13(11)14)16-8-10-5-6-10/h2-4,9-10H,5-8,15H2,1H3. The molecular weight excluding hydrogens is 266 g/mol. The summed E-state index contributed by atoms with van der Waals surface area (Å²) >= 11 is 3.61. The van der Waals surface area contributed by atoms with Gasteiger partial charge in [-0.3, -0.25) is 0 Å². The molecule has 0 heterocycles. The highest BCUT2D eigenvalue weighted by Gasteiger charge is 2.22. The molecule has 0 aliphatic heterocycles. The Hall–Kier alpha value is -0.540. The Morgan fingerprint density at radius 1 is 1.50 bits per heavy atom. The third-order valence-corrected chi connectivity index (χ3v) is 3.90. The highest BCUT2D eigenvalue weighted by atomic mass is 79.9. The minimum atomic E-state index is 0.360. The molecule has 1 aromatic rings. The number of benzene rings is 1. The van der Waals surface area contributed by atoms with Crippen molar-refractivity contribution in [2.24, 2.45) is 11.7 Å². The van der Waals surface area contributed by atoms with E-state index >= 15 is 0 Å². The Morgan fingerprint density at radius 3 is 2.88 bits per heavy atom. The SMILES string of the molecule is CC(CN)c1cccc(OCC2CC2)c1Br. The summed E-state index contributed by atoms with van der Waals surface area (Å²) in [7, 11) is 0. The van der Waals surface area contributed by atoms with Gasteiger partial charge in [0.1, 0.15) is 5.75 Å². The minimum absolute atomic E-state index is 0.360. The van der Waals surface area contributed by atoms with Crippen molar-refractivity contribution in [1.82, 2.24) is 0 Å². The Morgan fingerprint density at radius 2 is 2.25 bits per heavy atom. The maximum absolute atomic E-state index is 5.81. The molecule has 0 bridgehead atoms. The van der Waals surface area contributed by atoms with Gasteiger partial charge in [-0.05, 0) is 58.8 Å². The van der Waals surface area contributed by atoms with E-state index in [-0.39, 0.29) is 0 Å². The molecule has 0 spiro atoms. The van der Waals surface area contributed by atoms with E-state index in [4.69, 9.17) is 10.5 Å². The van der Waals surface area contributed by atoms with Crippen molar-refractivity contribution in [3.63, 3.8) is 0 Å². The first-order valence-electron chi connectivity index (χ1n) is 5.83. The second-order valence-corrected chi connectivity index (χ2v) is 5.34. The summed E-state index contributed by atoms with van der Waals surface area (Å²) in [5.41, 5.74) is 6.93. The molecule has 1 atom stereocenters. The first-order valence-corrected chi connectivity index (χ1v) is 6.63. The first kappa shape index (κ1) is 11.9. The molecule has 0 radical (unpaired) electrons. The lowest BCUT2D eigenvalue weighted by atomic mass is 10.0. The summed E-state index contributed by atoms with van der Waals surface area (Å²) in [6.07, 6.45) is 2.63. The summed E-state index contributed by atoms with van der Waals surface area (Å²) in [6.45, 7) is 3.63. The van der Waals surface area contributed by atoms with Crippen molar-refractivity contribution in [2.45, 2.75) is 25.7 Å². The van der Waals surface area contributed by atoms with Crippen LogP contribution in [0.25, 0.3) is 0 Å². The van der Waals surface area contributed by atoms with Crippen molar-refractivity contribution in [3.05, 3.63) is 28.2 Å². The zero-order valence-electron chi connectivity index (χ0n) is 9.58. The molecule has 1 saturated carbocycles. The number of nitrogens with two attached hydrogens (primary N) is 1. The van der Waals surface area contributed by atoms with Crippen LogP contribution in [0, 0.1) is 5.92 Å². The van der Waals surface area contributed by atoms with E-state index < -0.39 is 0 Å². The van der Waals surface area contributed by atoms with Crippen LogP contribution in [0.5, 0.6) is 5.75 Å². The normalized spacial score (nSPS) is 17.2. The lowest BCUT2D eigenvalue weighted by molar-refractivity contribution is 0.297. The van der Waals surface area contributed by atoms with Gasteiger partial charge in [-0.15, -0.1) is 0 Å². The lowest BCUT2D eigenvalue weighted by Crippen LogP contribution is -2.10. The van der Waals surface area contributed by atoms with E-state index in [9.17, 15) is 0 Å². The highest BCUT2D eigenvalue weighted by Crippen LogP contribution is 2.35. The molecule has 2 rings (SSSR count). The predicted octanol–water partition coefficient (Wildman–Crippen LogP) is 3.30. The van der Waals surface area contributed by atoms with Crippen LogP contribution in [0.3, 0.4) is 0 Å². The van der Waals surface area contributed by atoms with Crippen molar-refractivity contribution in [1.29, 1.82) is 0 Å². The van der Waals surface area contributed by atoms with Crippen molar-refractivity contribution >= 4 is 15.9 Å². The average molecular weight is 284 g/mol. The molecule has 1 unspecified atom stereocenters. The van der Waals surface area contributed by atoms with Gasteiger partial charge in [-0.25, -0.2) is 0 Å². The molecule has 3 heteroatoms. The molecular formula is C13H18BrNO. The number of hydrogen-bond acceptors (Lipinski definition) is 2. The quantitative estimate of drug-likeness (QED) is 0.900. The summed E-state index contributed by atoms with van der Waals surface area (Å²) in [4.78, 5) is 0. The van der Waals surface area contributed by atoms with Gasteiger partial charge in [-0.2, -0.15) is 0 Å². The van der Waals surface area contributed by atoms with Crippen LogP contribution in [0.15, 0.2) is 22.7 Å². The molecule has 16 heavy (non-hydrogen) atoms. The average Bonchev–Trinajstić information content (AvgIpc) is 3.10. The highest BCUT2D eigenvalue weighted by molar-refractivity contribution is 9.10. The fraction of sp³-hybridized carbons (Fsp3) is 0.538. The summed E-state index contributed by atoms with van der Waals surface area (Å²) < 4.78 is 6.87. The van der Waals surface area contributed by atoms with Crippen LogP contribution in [0.1, 0.15) is 31.2 Å². The number of rotatable bonds is 5. The molecule has 0 aromatic heterocycles. The molecule has 1 aliphatic carbocycles. The Bertz CT molecular complexity index is 363. The van der Waals surface area contributed by atoms with Gasteiger partial charge >= 0.3 is 0 Å². The Balaban J connectivity index is 2.11. The second-order valence-electron chi connectivity index (χ2n) is 4.55. The van der Waals surface area contributed by atoms with Gasteiger partial charge in [0.2, 0.25) is 0 Å². The van der Waals surface area contributed by atoms with E-state index in [0.717, 1.165) is 22.7 Å². The number of halogens is 1. The van der Waals surface area contributed by atoms with Gasteiger partial charge in [0, 0.05) is 0 Å². The van der Waals surface area contributed by atoms with E-state index in [2.05, 4.69) is 28.9 Å². The summed E-state index contributed by atoms with van der Waals surface area (Å²) in [6, 6.07) is 6.15. The number of hydrogen-bond donors (Lipinski definition) is 1. The topological polar surface area (TPSA) is 35.2 Å². The van der Waals surface area contributed by atoms with Crippen molar-refractivity contribution in [2.75, 3.05) is 13.2 Å². The van der Waals surface area contributed by atoms with Gasteiger partial charge < -0.3 is 10.5 Å². The maximum Gasteiger partial charge on any atom is 0.133 e. The molecule has 2 nitrogen and oxygen atoms in total. The van der Waals surface area contributed by atoms with Crippen LogP contribution in [0.2, 0.25) is 0 Å². The molecule has 0 amide bonds. The third kappa shape index (κ3) is 2.77. The van der Waals surface area contributed by atoms with Crippen LogP contribution in [-0.4, -0.2) is 13.2 Å². The van der Waals surface area contributed by atoms with Crippen LogP contribution < -0.4 is 10.5 Å². The van der Waals surface area contributed by atoms with Gasteiger partial charge in [0.25, 0.3) is 0 Å².